The molecule has 19 heavy (non-hydrogen) atoms. The summed E-state index contributed by atoms with van der Waals surface area (Å²) >= 11 is 0. The molecule has 2 atom stereocenters. The smallest absolute Gasteiger partial charge is 0.191 e. The highest BCUT2D eigenvalue weighted by Gasteiger charge is 2.37. The summed E-state index contributed by atoms with van der Waals surface area (Å²) in [5, 5.41) is 0. The summed E-state index contributed by atoms with van der Waals surface area (Å²) in [7, 11) is 0. The van der Waals surface area contributed by atoms with Gasteiger partial charge in [-0.1, -0.05) is 30.3 Å². The summed E-state index contributed by atoms with van der Waals surface area (Å²) in [4.78, 5) is 6.85. The maximum absolute atomic E-state index is 6.08. The molecule has 0 radical (unpaired) electrons. The lowest BCUT2D eigenvalue weighted by Crippen LogP contribution is -2.41. The Morgan fingerprint density at radius 1 is 1.16 bits per heavy atom. The van der Waals surface area contributed by atoms with Gasteiger partial charge >= 0.3 is 0 Å². The minimum Gasteiger partial charge on any atom is -0.370 e. The van der Waals surface area contributed by atoms with Crippen molar-refractivity contribution in [1.82, 2.24) is 4.90 Å². The quantitative estimate of drug-likeness (QED) is 0.668. The molecule has 3 nitrogen and oxygen atoms in total. The minimum atomic E-state index is 0.700. The zero-order chi connectivity index (χ0) is 13.1. The van der Waals surface area contributed by atoms with Crippen LogP contribution in [0, 0.1) is 5.92 Å². The van der Waals surface area contributed by atoms with Crippen molar-refractivity contribution >= 4 is 5.96 Å². The van der Waals surface area contributed by atoms with Crippen LogP contribution in [0.3, 0.4) is 0 Å². The van der Waals surface area contributed by atoms with Crippen LogP contribution in [0.1, 0.15) is 37.2 Å². The number of piperidine rings is 1. The highest BCUT2D eigenvalue weighted by Crippen LogP contribution is 2.47. The van der Waals surface area contributed by atoms with Crippen molar-refractivity contribution in [2.75, 3.05) is 19.6 Å². The highest BCUT2D eigenvalue weighted by molar-refractivity contribution is 5.78. The number of nitrogens with zero attached hydrogens (tertiary/aromatic N) is 2. The van der Waals surface area contributed by atoms with Crippen molar-refractivity contribution in [2.24, 2.45) is 16.6 Å². The zero-order valence-corrected chi connectivity index (χ0v) is 11.5. The molecule has 0 aromatic heterocycles. The van der Waals surface area contributed by atoms with E-state index in [2.05, 4.69) is 40.2 Å². The lowest BCUT2D eigenvalue weighted by Gasteiger charge is -2.27. The molecule has 2 unspecified atom stereocenters. The standard InChI is InChI=1S/C16H23N3/c17-16(19-9-5-2-6-10-19)18-12-14-11-15(14)13-7-3-1-4-8-13/h1,3-4,7-8,14-15H,2,5-6,9-12H2,(H2,17,18). The van der Waals surface area contributed by atoms with Gasteiger partial charge in [0.25, 0.3) is 0 Å². The molecule has 2 fully saturated rings. The van der Waals surface area contributed by atoms with Gasteiger partial charge in [0, 0.05) is 19.6 Å². The van der Waals surface area contributed by atoms with E-state index < -0.39 is 0 Å². The maximum Gasteiger partial charge on any atom is 0.191 e. The van der Waals surface area contributed by atoms with Crippen LogP contribution in [-0.4, -0.2) is 30.5 Å². The van der Waals surface area contributed by atoms with Crippen LogP contribution in [0.2, 0.25) is 0 Å². The first-order chi connectivity index (χ1) is 9.34. The third-order valence-electron chi connectivity index (χ3n) is 4.32. The molecule has 1 saturated carbocycles. The summed E-state index contributed by atoms with van der Waals surface area (Å²) in [6.07, 6.45) is 5.11. The number of hydrogen-bond acceptors (Lipinski definition) is 1. The van der Waals surface area contributed by atoms with E-state index in [9.17, 15) is 0 Å². The molecular weight excluding hydrogens is 234 g/mol. The van der Waals surface area contributed by atoms with Crippen molar-refractivity contribution in [3.8, 4) is 0 Å². The molecule has 1 saturated heterocycles. The second-order valence-corrected chi connectivity index (χ2v) is 5.76. The number of hydrogen-bond donors (Lipinski definition) is 1. The lowest BCUT2D eigenvalue weighted by molar-refractivity contribution is 0.338. The summed E-state index contributed by atoms with van der Waals surface area (Å²) in [6.45, 7) is 3.06. The molecule has 1 aliphatic heterocycles. The van der Waals surface area contributed by atoms with Crippen LogP contribution >= 0.6 is 0 Å². The van der Waals surface area contributed by atoms with E-state index in [-0.39, 0.29) is 0 Å². The van der Waals surface area contributed by atoms with Crippen LogP contribution in [0.5, 0.6) is 0 Å². The average Bonchev–Trinajstić information content (AvgIpc) is 3.26. The lowest BCUT2D eigenvalue weighted by atomic mass is 10.1. The number of guanidine groups is 1. The Bertz CT molecular complexity index is 435. The monoisotopic (exact) mass is 257 g/mol. The molecule has 0 amide bonds. The topological polar surface area (TPSA) is 41.6 Å². The van der Waals surface area contributed by atoms with E-state index in [4.69, 9.17) is 5.73 Å². The van der Waals surface area contributed by atoms with Crippen LogP contribution in [0.15, 0.2) is 35.3 Å². The molecule has 1 aliphatic carbocycles. The van der Waals surface area contributed by atoms with Gasteiger partial charge in [-0.25, -0.2) is 0 Å². The molecule has 0 bridgehead atoms. The zero-order valence-electron chi connectivity index (χ0n) is 11.5. The van der Waals surface area contributed by atoms with Gasteiger partial charge in [0.15, 0.2) is 5.96 Å². The number of nitrogens with two attached hydrogens (primary N) is 1. The van der Waals surface area contributed by atoms with Gasteiger partial charge in [-0.2, -0.15) is 0 Å². The van der Waals surface area contributed by atoms with Gasteiger partial charge in [-0.15, -0.1) is 0 Å². The fourth-order valence-corrected chi connectivity index (χ4v) is 2.99. The first kappa shape index (κ1) is 12.5. The molecule has 1 heterocycles. The van der Waals surface area contributed by atoms with Gasteiger partial charge in [0.05, 0.1) is 0 Å². The van der Waals surface area contributed by atoms with Gasteiger partial charge in [-0.05, 0) is 43.1 Å². The summed E-state index contributed by atoms with van der Waals surface area (Å²) in [5.74, 6) is 2.17. The predicted molar refractivity (Wildman–Crippen MR) is 79.2 cm³/mol. The van der Waals surface area contributed by atoms with Crippen LogP contribution in [-0.2, 0) is 0 Å². The molecule has 1 aromatic rings. The number of likely N-dealkylation sites (tertiary alicyclic amines) is 1. The molecule has 0 spiro atoms. The first-order valence-electron chi connectivity index (χ1n) is 7.44. The first-order valence-corrected chi connectivity index (χ1v) is 7.44. The molecule has 3 rings (SSSR count). The van der Waals surface area contributed by atoms with Crippen LogP contribution in [0.4, 0.5) is 0 Å². The van der Waals surface area contributed by atoms with E-state index in [0.717, 1.165) is 25.6 Å². The van der Waals surface area contributed by atoms with E-state index in [1.54, 1.807) is 0 Å². The van der Waals surface area contributed by atoms with Gasteiger partial charge < -0.3 is 10.6 Å². The second kappa shape index (κ2) is 5.64. The van der Waals surface area contributed by atoms with Crippen molar-refractivity contribution in [3.63, 3.8) is 0 Å². The highest BCUT2D eigenvalue weighted by atomic mass is 15.3. The summed E-state index contributed by atoms with van der Waals surface area (Å²) in [6, 6.07) is 10.8. The van der Waals surface area contributed by atoms with Crippen molar-refractivity contribution in [3.05, 3.63) is 35.9 Å². The Labute approximate surface area is 115 Å². The number of aliphatic imine (C=N–C) groups is 1. The summed E-state index contributed by atoms with van der Waals surface area (Å²) < 4.78 is 0. The maximum atomic E-state index is 6.08. The van der Waals surface area contributed by atoms with Crippen LogP contribution < -0.4 is 5.73 Å². The van der Waals surface area contributed by atoms with E-state index in [0.29, 0.717) is 11.8 Å². The largest absolute Gasteiger partial charge is 0.370 e. The van der Waals surface area contributed by atoms with Crippen molar-refractivity contribution in [2.45, 2.75) is 31.6 Å². The van der Waals surface area contributed by atoms with Crippen LogP contribution in [0.25, 0.3) is 0 Å². The Kier molecular flexibility index (Phi) is 3.72. The molecular formula is C16H23N3. The fraction of sp³-hybridized carbons (Fsp3) is 0.562. The molecule has 3 heteroatoms. The SMILES string of the molecule is NC(=NCC1CC1c1ccccc1)N1CCCCC1. The Morgan fingerprint density at radius 2 is 1.89 bits per heavy atom. The average molecular weight is 257 g/mol. The Hall–Kier alpha value is -1.51. The molecule has 102 valence electrons. The molecule has 1 aromatic carbocycles. The Balaban J connectivity index is 1.50. The third-order valence-corrected chi connectivity index (χ3v) is 4.32. The van der Waals surface area contributed by atoms with Crippen molar-refractivity contribution < 1.29 is 0 Å². The summed E-state index contributed by atoms with van der Waals surface area (Å²) in [5.41, 5.74) is 7.54. The van der Waals surface area contributed by atoms with Gasteiger partial charge in [0.2, 0.25) is 0 Å². The van der Waals surface area contributed by atoms with E-state index in [1.807, 2.05) is 0 Å². The van der Waals surface area contributed by atoms with E-state index >= 15 is 0 Å². The molecule has 2 aliphatic rings. The molecule has 2 N–H and O–H groups in total. The van der Waals surface area contributed by atoms with Gasteiger partial charge in [0.1, 0.15) is 0 Å². The fourth-order valence-electron chi connectivity index (χ4n) is 2.99. The third kappa shape index (κ3) is 3.09. The van der Waals surface area contributed by atoms with Gasteiger partial charge in [-0.3, -0.25) is 4.99 Å². The number of benzene rings is 1. The second-order valence-electron chi connectivity index (χ2n) is 5.76. The minimum absolute atomic E-state index is 0.700. The van der Waals surface area contributed by atoms with E-state index in [1.165, 1.54) is 31.2 Å². The predicted octanol–water partition coefficient (Wildman–Crippen LogP) is 2.59. The normalized spacial score (nSPS) is 27.4. The van der Waals surface area contributed by atoms with Crippen molar-refractivity contribution in [1.29, 1.82) is 0 Å². The Morgan fingerprint density at radius 3 is 2.63 bits per heavy atom. The number of rotatable bonds is 3.